The van der Waals surface area contributed by atoms with Gasteiger partial charge in [0.1, 0.15) is 49.3 Å². The van der Waals surface area contributed by atoms with E-state index < -0.39 is 207 Å². The van der Waals surface area contributed by atoms with Crippen molar-refractivity contribution in [1.29, 1.82) is 0 Å². The zero-order valence-electron chi connectivity index (χ0n) is 71.6. The average molecular weight is 1710 g/mol. The summed E-state index contributed by atoms with van der Waals surface area (Å²) in [6, 6.07) is 52.9. The van der Waals surface area contributed by atoms with Gasteiger partial charge in [0.15, 0.2) is 55.4 Å². The normalized spacial score (nSPS) is 30.5. The van der Waals surface area contributed by atoms with Gasteiger partial charge in [0.25, 0.3) is 0 Å². The van der Waals surface area contributed by atoms with Crippen molar-refractivity contribution in [3.63, 3.8) is 0 Å². The van der Waals surface area contributed by atoms with E-state index in [-0.39, 0.29) is 81.6 Å². The van der Waals surface area contributed by atoms with Crippen molar-refractivity contribution >= 4 is 41.8 Å². The molecule has 5 saturated heterocycles. The summed E-state index contributed by atoms with van der Waals surface area (Å²) in [6.07, 6.45) is -24.4. The molecule has 0 N–H and O–H groups in total. The molecule has 0 aliphatic carbocycles. The van der Waals surface area contributed by atoms with Gasteiger partial charge in [-0.3, -0.25) is 19.2 Å². The SMILES string of the molecule is CC[C@@H](OC(C)=O)[C@@H](OC(C)=O)C1O[C@](C)(O[C@@H]2C(OC(=O)c3ccccc3)[C@H](O[C@@H]3C(CO[C@@H]4OC(COCc5ccccc5)[C@@H](C)[C@H](C)C4OC(C)=O)O[C@@H](O[C@@H]4C(OCc5ccccc5)[C@H](OCCCN=[N+]=[N-])OC(COCc5ccccc5)[C@@H]4C)C(C)[C@H]3C)OC(COC(=O)c3ccccc3)[C@@H]2OC(=O)c2ccccc2)C[C@@H](OC(C)=O)[C@H]1C. The topological polar surface area (TPSA) is 353 Å². The number of carbonyl (C=O) groups is 7. The highest BCUT2D eigenvalue weighted by Gasteiger charge is 2.60. The Balaban J connectivity index is 1.05. The predicted molar refractivity (Wildman–Crippen MR) is 440 cm³/mol. The van der Waals surface area contributed by atoms with Crippen LogP contribution in [0.1, 0.15) is 150 Å². The number of hydrogen-bond acceptors (Lipinski definition) is 28. The second kappa shape index (κ2) is 45.9. The molecule has 26 atom stereocenters. The summed E-state index contributed by atoms with van der Waals surface area (Å²) < 4.78 is 136. The van der Waals surface area contributed by atoms with E-state index in [0.29, 0.717) is 6.42 Å². The summed E-state index contributed by atoms with van der Waals surface area (Å²) in [5, 5.41) is 3.75. The average Bonchev–Trinajstić information content (AvgIpc) is 0.752. The van der Waals surface area contributed by atoms with Crippen molar-refractivity contribution < 1.29 is 128 Å². The molecule has 0 amide bonds. The monoisotopic (exact) mass is 1710 g/mol. The molecule has 664 valence electrons. The largest absolute Gasteiger partial charge is 0.462 e. The van der Waals surface area contributed by atoms with E-state index in [0.717, 1.165) is 16.7 Å². The molecule has 123 heavy (non-hydrogen) atoms. The van der Waals surface area contributed by atoms with Crippen molar-refractivity contribution in [2.45, 2.75) is 245 Å². The highest BCUT2D eigenvalue weighted by Crippen LogP contribution is 2.46. The van der Waals surface area contributed by atoms with E-state index in [1.165, 1.54) is 58.9 Å². The van der Waals surface area contributed by atoms with Crippen LogP contribution in [0.25, 0.3) is 10.4 Å². The molecule has 9 unspecified atom stereocenters. The lowest BCUT2D eigenvalue weighted by Gasteiger charge is -2.53. The fourth-order valence-corrected chi connectivity index (χ4v) is 16.1. The Labute approximate surface area is 717 Å². The minimum absolute atomic E-state index is 0.0339. The van der Waals surface area contributed by atoms with E-state index in [2.05, 4.69) is 10.0 Å². The van der Waals surface area contributed by atoms with Crippen LogP contribution in [0.4, 0.5) is 0 Å². The van der Waals surface area contributed by atoms with Gasteiger partial charge in [-0.1, -0.05) is 199 Å². The fourth-order valence-electron chi connectivity index (χ4n) is 16.1. The number of benzene rings is 6. The van der Waals surface area contributed by atoms with Crippen LogP contribution in [0.15, 0.2) is 187 Å². The van der Waals surface area contributed by atoms with Crippen LogP contribution in [0.5, 0.6) is 0 Å². The highest BCUT2D eigenvalue weighted by molar-refractivity contribution is 5.90. The van der Waals surface area contributed by atoms with E-state index in [9.17, 15) is 29.5 Å². The van der Waals surface area contributed by atoms with Gasteiger partial charge in [-0.2, -0.15) is 0 Å². The third kappa shape index (κ3) is 26.0. The molecule has 6 aromatic carbocycles. The third-order valence-electron chi connectivity index (χ3n) is 23.1. The summed E-state index contributed by atoms with van der Waals surface area (Å²) in [6.45, 7) is 19.4. The summed E-state index contributed by atoms with van der Waals surface area (Å²) in [5.74, 6) is -11.1. The zero-order valence-corrected chi connectivity index (χ0v) is 71.6. The number of azide groups is 1. The first-order chi connectivity index (χ1) is 59.3. The van der Waals surface area contributed by atoms with Crippen LogP contribution in [-0.2, 0) is 134 Å². The van der Waals surface area contributed by atoms with Crippen LogP contribution in [0, 0.1) is 35.5 Å². The molecule has 0 aromatic heterocycles. The van der Waals surface area contributed by atoms with Crippen molar-refractivity contribution in [2.75, 3.05) is 39.6 Å². The molecule has 0 saturated carbocycles. The molecule has 5 fully saturated rings. The van der Waals surface area contributed by atoms with Gasteiger partial charge in [-0.25, -0.2) is 14.4 Å². The van der Waals surface area contributed by atoms with Gasteiger partial charge in [0.2, 0.25) is 0 Å². The lowest BCUT2D eigenvalue weighted by Crippen LogP contribution is -2.67. The minimum Gasteiger partial charge on any atom is -0.462 e. The van der Waals surface area contributed by atoms with E-state index in [1.54, 1.807) is 80.6 Å². The number of ether oxygens (including phenoxy) is 20. The lowest BCUT2D eigenvalue weighted by molar-refractivity contribution is -0.391. The van der Waals surface area contributed by atoms with Crippen LogP contribution in [-0.4, -0.2) is 204 Å². The van der Waals surface area contributed by atoms with E-state index >= 15 is 9.59 Å². The Kier molecular flexibility index (Phi) is 35.1. The Hall–Kier alpha value is -9.60. The second-order valence-corrected chi connectivity index (χ2v) is 32.1. The molecular weight excluding hydrogens is 1590 g/mol. The van der Waals surface area contributed by atoms with Crippen LogP contribution >= 0.6 is 0 Å². The number of carbonyl (C=O) groups excluding carboxylic acids is 7. The molecular formula is C93H115N3O27. The molecule has 11 rings (SSSR count). The van der Waals surface area contributed by atoms with Gasteiger partial charge < -0.3 is 94.7 Å². The van der Waals surface area contributed by atoms with Gasteiger partial charge in [-0.05, 0) is 90.2 Å². The zero-order chi connectivity index (χ0) is 87.7. The third-order valence-corrected chi connectivity index (χ3v) is 23.1. The van der Waals surface area contributed by atoms with E-state index in [4.69, 9.17) is 94.7 Å². The highest BCUT2D eigenvalue weighted by atomic mass is 16.8. The molecule has 5 heterocycles. The first kappa shape index (κ1) is 94.1. The maximum Gasteiger partial charge on any atom is 0.338 e. The summed E-state index contributed by atoms with van der Waals surface area (Å²) in [4.78, 5) is 101. The Morgan fingerprint density at radius 1 is 0.439 bits per heavy atom. The summed E-state index contributed by atoms with van der Waals surface area (Å²) in [5.41, 5.74) is 12.2. The first-order valence-corrected chi connectivity index (χ1v) is 42.1. The summed E-state index contributed by atoms with van der Waals surface area (Å²) in [7, 11) is 0. The maximum atomic E-state index is 15.5. The second-order valence-electron chi connectivity index (χ2n) is 32.1. The number of hydrogen-bond donors (Lipinski definition) is 0. The predicted octanol–water partition coefficient (Wildman–Crippen LogP) is 13.6. The van der Waals surface area contributed by atoms with Crippen LogP contribution < -0.4 is 0 Å². The fraction of sp³-hybridized carbons (Fsp3) is 0.538. The standard InChI is InChI=1S/C93H115N3O27/c1-13-71(110-61(8)97)81(113-64(11)100)79-59(6)72(111-62(9)98)47-93(12,122-79)123-83-82(118-87(102)69-41-28-18-29-42-69)76(53-108-86(101)68-39-26-17-27-40-68)117-92(85(83)119-88(103)70-43-30-19-31-44-70)120-77-57(4)58(5)89(116-75(77)54-109-90-80(112-63(10)99)56(3)55(2)73(114-90)51-104-48-65-33-20-14-21-34-65)121-78-60(7)74(52-105-49-66-35-22-15-23-36-66)115-91(106-46-32-45-95-96-94)84(78)107-50-67-37-24-16-25-38-67/h14-31,33-44,55-60,71-85,89-92H,13,32,45-54H2,1-12H3/t55-,56-,57+,58?,59+,60-,71+,72+,73?,74?,75?,76?,77-,78-,79?,80?,81+,82-,83-,84?,85?,89-,90+,91+,92-,93+/m0/s1. The lowest BCUT2D eigenvalue weighted by atomic mass is 9.83. The smallest absolute Gasteiger partial charge is 0.338 e. The van der Waals surface area contributed by atoms with Crippen LogP contribution in [0.2, 0.25) is 0 Å². The van der Waals surface area contributed by atoms with E-state index in [1.807, 2.05) is 126 Å². The number of nitrogens with zero attached hydrogens (tertiary/aromatic N) is 3. The first-order valence-electron chi connectivity index (χ1n) is 42.1. The number of esters is 7. The Morgan fingerprint density at radius 3 is 1.44 bits per heavy atom. The Bertz CT molecular complexity index is 4370. The molecule has 0 radical (unpaired) electrons. The van der Waals surface area contributed by atoms with Gasteiger partial charge in [0, 0.05) is 75.9 Å². The molecule has 0 bridgehead atoms. The van der Waals surface area contributed by atoms with Crippen LogP contribution in [0.3, 0.4) is 0 Å². The molecule has 6 aromatic rings. The summed E-state index contributed by atoms with van der Waals surface area (Å²) >= 11 is 0. The molecule has 30 nitrogen and oxygen atoms in total. The van der Waals surface area contributed by atoms with Gasteiger partial charge >= 0.3 is 41.8 Å². The molecule has 30 heteroatoms. The molecule has 5 aliphatic rings. The van der Waals surface area contributed by atoms with Gasteiger partial charge in [-0.15, -0.1) is 0 Å². The molecule has 5 aliphatic heterocycles. The van der Waals surface area contributed by atoms with Gasteiger partial charge in [0.05, 0.1) is 80.7 Å². The Morgan fingerprint density at radius 2 is 0.911 bits per heavy atom. The number of rotatable bonds is 39. The van der Waals surface area contributed by atoms with Crippen molar-refractivity contribution in [1.82, 2.24) is 0 Å². The molecule has 0 spiro atoms. The maximum absolute atomic E-state index is 15.5. The van der Waals surface area contributed by atoms with Crippen molar-refractivity contribution in [3.05, 3.63) is 226 Å². The van der Waals surface area contributed by atoms with Crippen molar-refractivity contribution in [2.24, 2.45) is 40.6 Å². The minimum atomic E-state index is -2.11. The quantitative estimate of drug-likeness (QED) is 0.00863. The van der Waals surface area contributed by atoms with Crippen molar-refractivity contribution in [3.8, 4) is 0 Å².